The van der Waals surface area contributed by atoms with Crippen molar-refractivity contribution in [2.24, 2.45) is 17.8 Å². The van der Waals surface area contributed by atoms with Gasteiger partial charge in [-0.2, -0.15) is 8.78 Å². The predicted octanol–water partition coefficient (Wildman–Crippen LogP) is 3.97. The molecule has 0 bridgehead atoms. The summed E-state index contributed by atoms with van der Waals surface area (Å²) in [6.45, 7) is 2.09. The molecule has 18 heavy (non-hydrogen) atoms. The van der Waals surface area contributed by atoms with Gasteiger partial charge in [0.05, 0.1) is 13.2 Å². The molecule has 0 aromatic rings. The molecule has 0 amide bonds. The smallest absolute Gasteiger partial charge is 0.266 e. The van der Waals surface area contributed by atoms with E-state index in [1.54, 1.807) is 0 Å². The quantitative estimate of drug-likeness (QED) is 0.761. The van der Waals surface area contributed by atoms with Crippen LogP contribution in [0, 0.1) is 17.8 Å². The van der Waals surface area contributed by atoms with Crippen LogP contribution in [0.1, 0.15) is 38.5 Å². The monoisotopic (exact) mass is 260 g/mol. The Morgan fingerprint density at radius 2 is 1.67 bits per heavy atom. The minimum absolute atomic E-state index is 0.437. The molecule has 2 nitrogen and oxygen atoms in total. The van der Waals surface area contributed by atoms with Crippen LogP contribution < -0.4 is 0 Å². The molecule has 1 heterocycles. The molecule has 2 fully saturated rings. The van der Waals surface area contributed by atoms with Crippen molar-refractivity contribution >= 4 is 0 Å². The Morgan fingerprint density at radius 1 is 1.00 bits per heavy atom. The summed E-state index contributed by atoms with van der Waals surface area (Å²) in [4.78, 5) is 0. The average Bonchev–Trinajstić information content (AvgIpc) is 2.40. The van der Waals surface area contributed by atoms with Crippen molar-refractivity contribution < 1.29 is 18.3 Å². The fourth-order valence-corrected chi connectivity index (χ4v) is 3.15. The third-order valence-electron chi connectivity index (χ3n) is 4.26. The minimum Gasteiger partial charge on any atom is -0.355 e. The molecule has 104 valence electrons. The van der Waals surface area contributed by atoms with Crippen LogP contribution in [0.3, 0.4) is 0 Å². The SMILES string of the molecule is FC(F)=CCCC1CCC(C2COCOC2)CC1. The standard InChI is InChI=1S/C14H22F2O2/c15-14(16)3-1-2-11-4-6-12(7-5-11)13-8-17-10-18-9-13/h3,11-13H,1-2,4-10H2. The molecular weight excluding hydrogens is 238 g/mol. The summed E-state index contributed by atoms with van der Waals surface area (Å²) in [5, 5.41) is 0. The third-order valence-corrected chi connectivity index (χ3v) is 4.26. The van der Waals surface area contributed by atoms with Gasteiger partial charge in [0.1, 0.15) is 6.79 Å². The third kappa shape index (κ3) is 4.32. The highest BCUT2D eigenvalue weighted by molar-refractivity contribution is 4.83. The summed E-state index contributed by atoms with van der Waals surface area (Å²) in [6.07, 6.45) is 5.67. The maximum atomic E-state index is 11.9. The van der Waals surface area contributed by atoms with Crippen LogP contribution in [0.25, 0.3) is 0 Å². The summed E-state index contributed by atoms with van der Waals surface area (Å²) in [7, 11) is 0. The first-order valence-electron chi connectivity index (χ1n) is 6.92. The van der Waals surface area contributed by atoms with Gasteiger partial charge in [-0.1, -0.05) is 12.8 Å². The van der Waals surface area contributed by atoms with Gasteiger partial charge in [-0.15, -0.1) is 0 Å². The highest BCUT2D eigenvalue weighted by Crippen LogP contribution is 2.36. The lowest BCUT2D eigenvalue weighted by Gasteiger charge is -2.35. The fraction of sp³-hybridized carbons (Fsp3) is 0.857. The number of hydrogen-bond donors (Lipinski definition) is 0. The zero-order valence-electron chi connectivity index (χ0n) is 10.7. The highest BCUT2D eigenvalue weighted by atomic mass is 19.3. The average molecular weight is 260 g/mol. The molecule has 2 aliphatic rings. The van der Waals surface area contributed by atoms with Gasteiger partial charge in [0.2, 0.25) is 0 Å². The molecule has 1 saturated heterocycles. The number of rotatable bonds is 4. The first kappa shape index (κ1) is 13.9. The fourth-order valence-electron chi connectivity index (χ4n) is 3.15. The van der Waals surface area contributed by atoms with Crippen LogP contribution in [-0.4, -0.2) is 20.0 Å². The maximum absolute atomic E-state index is 11.9. The Hall–Kier alpha value is -0.480. The van der Waals surface area contributed by atoms with E-state index in [9.17, 15) is 8.78 Å². The van der Waals surface area contributed by atoms with E-state index in [4.69, 9.17) is 9.47 Å². The molecular formula is C14H22F2O2. The van der Waals surface area contributed by atoms with E-state index in [0.29, 0.717) is 31.0 Å². The summed E-state index contributed by atoms with van der Waals surface area (Å²) >= 11 is 0. The summed E-state index contributed by atoms with van der Waals surface area (Å²) < 4.78 is 34.5. The maximum Gasteiger partial charge on any atom is 0.266 e. The van der Waals surface area contributed by atoms with E-state index in [1.165, 1.54) is 25.7 Å². The Balaban J connectivity index is 1.66. The molecule has 1 saturated carbocycles. The second-order valence-corrected chi connectivity index (χ2v) is 5.47. The van der Waals surface area contributed by atoms with E-state index in [-0.39, 0.29) is 0 Å². The number of halogens is 2. The van der Waals surface area contributed by atoms with E-state index in [0.717, 1.165) is 25.7 Å². The molecule has 0 aromatic heterocycles. The van der Waals surface area contributed by atoms with Gasteiger partial charge in [-0.25, -0.2) is 0 Å². The molecule has 1 aliphatic heterocycles. The molecule has 0 aromatic carbocycles. The summed E-state index contributed by atoms with van der Waals surface area (Å²) in [5.41, 5.74) is 0. The topological polar surface area (TPSA) is 18.5 Å². The predicted molar refractivity (Wildman–Crippen MR) is 65.2 cm³/mol. The molecule has 1 aliphatic carbocycles. The van der Waals surface area contributed by atoms with E-state index < -0.39 is 6.08 Å². The molecule has 0 spiro atoms. The second-order valence-electron chi connectivity index (χ2n) is 5.47. The summed E-state index contributed by atoms with van der Waals surface area (Å²) in [5.74, 6) is 1.88. The Kier molecular flexibility index (Phi) is 5.57. The van der Waals surface area contributed by atoms with Crippen molar-refractivity contribution in [2.75, 3.05) is 20.0 Å². The molecule has 2 rings (SSSR count). The second kappa shape index (κ2) is 7.19. The molecule has 0 unspecified atom stereocenters. The van der Waals surface area contributed by atoms with Crippen LogP contribution in [0.2, 0.25) is 0 Å². The largest absolute Gasteiger partial charge is 0.355 e. The molecule has 0 atom stereocenters. The zero-order chi connectivity index (χ0) is 12.8. The van der Waals surface area contributed by atoms with Crippen molar-refractivity contribution in [3.05, 3.63) is 12.2 Å². The minimum atomic E-state index is -1.54. The first-order chi connectivity index (χ1) is 8.75. The van der Waals surface area contributed by atoms with Crippen molar-refractivity contribution in [2.45, 2.75) is 38.5 Å². The summed E-state index contributed by atoms with van der Waals surface area (Å²) in [6, 6.07) is 0. The van der Waals surface area contributed by atoms with Gasteiger partial charge in [0.25, 0.3) is 6.08 Å². The number of hydrogen-bond acceptors (Lipinski definition) is 2. The molecule has 4 heteroatoms. The number of ether oxygens (including phenoxy) is 2. The van der Waals surface area contributed by atoms with E-state index in [2.05, 4.69) is 0 Å². The highest BCUT2D eigenvalue weighted by Gasteiger charge is 2.29. The van der Waals surface area contributed by atoms with Gasteiger partial charge in [0.15, 0.2) is 0 Å². The van der Waals surface area contributed by atoms with Crippen LogP contribution in [0.5, 0.6) is 0 Å². The van der Waals surface area contributed by atoms with Crippen molar-refractivity contribution in [1.82, 2.24) is 0 Å². The lowest BCUT2D eigenvalue weighted by Crippen LogP contribution is -2.32. The number of allylic oxidation sites excluding steroid dienone is 1. The normalized spacial score (nSPS) is 30.1. The Labute approximate surface area is 107 Å². The lowest BCUT2D eigenvalue weighted by molar-refractivity contribution is -0.140. The van der Waals surface area contributed by atoms with Gasteiger partial charge in [0, 0.05) is 5.92 Å². The van der Waals surface area contributed by atoms with Gasteiger partial charge in [-0.05, 0) is 43.6 Å². The van der Waals surface area contributed by atoms with Crippen LogP contribution in [0.15, 0.2) is 12.2 Å². The van der Waals surface area contributed by atoms with Crippen LogP contribution >= 0.6 is 0 Å². The van der Waals surface area contributed by atoms with Crippen LogP contribution in [-0.2, 0) is 9.47 Å². The molecule has 0 radical (unpaired) electrons. The zero-order valence-corrected chi connectivity index (χ0v) is 10.7. The lowest BCUT2D eigenvalue weighted by atomic mass is 9.75. The van der Waals surface area contributed by atoms with E-state index in [1.807, 2.05) is 0 Å². The Morgan fingerprint density at radius 3 is 2.28 bits per heavy atom. The Bertz CT molecular complexity index is 263. The molecule has 0 N–H and O–H groups in total. The van der Waals surface area contributed by atoms with Crippen molar-refractivity contribution in [1.29, 1.82) is 0 Å². The first-order valence-corrected chi connectivity index (χ1v) is 6.92. The van der Waals surface area contributed by atoms with Gasteiger partial charge < -0.3 is 9.47 Å². The van der Waals surface area contributed by atoms with Gasteiger partial charge >= 0.3 is 0 Å². The van der Waals surface area contributed by atoms with Gasteiger partial charge in [-0.3, -0.25) is 0 Å². The van der Waals surface area contributed by atoms with E-state index >= 15 is 0 Å². The van der Waals surface area contributed by atoms with Crippen LogP contribution in [0.4, 0.5) is 8.78 Å². The van der Waals surface area contributed by atoms with Crippen molar-refractivity contribution in [3.63, 3.8) is 0 Å². The van der Waals surface area contributed by atoms with Crippen molar-refractivity contribution in [3.8, 4) is 0 Å².